The number of unbranched alkanes of at least 4 members (excludes halogenated alkanes) is 2. The van der Waals surface area contributed by atoms with Crippen molar-refractivity contribution in [1.29, 1.82) is 0 Å². The van der Waals surface area contributed by atoms with Gasteiger partial charge in [0.15, 0.2) is 0 Å². The van der Waals surface area contributed by atoms with Gasteiger partial charge in [0, 0.05) is 17.5 Å². The Morgan fingerprint density at radius 1 is 1.32 bits per heavy atom. The summed E-state index contributed by atoms with van der Waals surface area (Å²) in [4.78, 5) is 29.6. The van der Waals surface area contributed by atoms with Crippen LogP contribution < -0.4 is 5.56 Å². The summed E-state index contributed by atoms with van der Waals surface area (Å²) in [6.45, 7) is 4.64. The molecule has 0 saturated carbocycles. The highest BCUT2D eigenvalue weighted by atomic mass is 32.1. The van der Waals surface area contributed by atoms with Crippen LogP contribution in [-0.4, -0.2) is 20.6 Å². The number of carboxylic acids is 1. The van der Waals surface area contributed by atoms with Crippen LogP contribution in [0.4, 0.5) is 0 Å². The molecule has 0 aliphatic carbocycles. The fourth-order valence-electron chi connectivity index (χ4n) is 2.91. The Hall–Kier alpha value is -2.47. The van der Waals surface area contributed by atoms with Crippen molar-refractivity contribution in [2.75, 3.05) is 0 Å². The van der Waals surface area contributed by atoms with E-state index in [1.165, 1.54) is 16.7 Å². The summed E-state index contributed by atoms with van der Waals surface area (Å²) in [5, 5.41) is 11.1. The van der Waals surface area contributed by atoms with E-state index in [2.05, 4.69) is 11.9 Å². The van der Waals surface area contributed by atoms with Gasteiger partial charge in [-0.3, -0.25) is 9.36 Å². The third-order valence-corrected chi connectivity index (χ3v) is 5.06. The van der Waals surface area contributed by atoms with E-state index in [1.807, 2.05) is 31.2 Å². The van der Waals surface area contributed by atoms with Gasteiger partial charge in [0.1, 0.15) is 10.7 Å². The van der Waals surface area contributed by atoms with E-state index in [1.54, 1.807) is 4.57 Å². The first-order chi connectivity index (χ1) is 12.0. The second-order valence-corrected chi connectivity index (χ2v) is 6.96. The number of carboxylic acid groups (broad SMARTS) is 1. The van der Waals surface area contributed by atoms with E-state index in [9.17, 15) is 14.7 Å². The van der Waals surface area contributed by atoms with Crippen LogP contribution in [0.1, 0.15) is 42.1 Å². The van der Waals surface area contributed by atoms with Crippen molar-refractivity contribution in [2.24, 2.45) is 0 Å². The highest BCUT2D eigenvalue weighted by Gasteiger charge is 2.20. The standard InChI is InChI=1S/C19H20N2O3S/c1-3-4-5-9-21-16(13-8-6-7-12(2)10-13)20-17-15(18(21)22)14(11-25-17)19(23)24/h6-8,10-11H,3-5,9H2,1-2H3,(H,23,24). The monoisotopic (exact) mass is 356 g/mol. The number of aromatic nitrogens is 2. The molecule has 25 heavy (non-hydrogen) atoms. The summed E-state index contributed by atoms with van der Waals surface area (Å²) in [5.74, 6) is -0.482. The third kappa shape index (κ3) is 3.35. The van der Waals surface area contributed by atoms with E-state index in [0.717, 1.165) is 30.4 Å². The highest BCUT2D eigenvalue weighted by molar-refractivity contribution is 7.17. The number of thiophene rings is 1. The fraction of sp³-hybridized carbons (Fsp3) is 0.316. The number of carbonyl (C=O) groups is 1. The van der Waals surface area contributed by atoms with Gasteiger partial charge in [-0.2, -0.15) is 0 Å². The quantitative estimate of drug-likeness (QED) is 0.668. The summed E-state index contributed by atoms with van der Waals surface area (Å²) < 4.78 is 1.63. The van der Waals surface area contributed by atoms with Gasteiger partial charge in [-0.15, -0.1) is 11.3 Å². The molecular formula is C19H20N2O3S. The van der Waals surface area contributed by atoms with E-state index in [0.29, 0.717) is 17.2 Å². The molecule has 0 amide bonds. The smallest absolute Gasteiger partial charge is 0.337 e. The zero-order valence-electron chi connectivity index (χ0n) is 14.3. The molecule has 3 aromatic rings. The summed E-state index contributed by atoms with van der Waals surface area (Å²) in [6, 6.07) is 7.86. The zero-order valence-corrected chi connectivity index (χ0v) is 15.1. The van der Waals surface area contributed by atoms with Crippen molar-refractivity contribution < 1.29 is 9.90 Å². The molecule has 0 atom stereocenters. The Morgan fingerprint density at radius 3 is 2.80 bits per heavy atom. The average Bonchev–Trinajstić information content (AvgIpc) is 3.01. The number of hydrogen-bond donors (Lipinski definition) is 1. The highest BCUT2D eigenvalue weighted by Crippen LogP contribution is 2.26. The molecule has 0 fully saturated rings. The molecule has 0 aliphatic heterocycles. The van der Waals surface area contributed by atoms with Crippen LogP contribution in [0, 0.1) is 6.92 Å². The molecule has 3 rings (SSSR count). The van der Waals surface area contributed by atoms with Gasteiger partial charge in [-0.25, -0.2) is 9.78 Å². The molecule has 0 radical (unpaired) electrons. The van der Waals surface area contributed by atoms with Crippen molar-refractivity contribution >= 4 is 27.5 Å². The number of fused-ring (bicyclic) bond motifs is 1. The molecule has 0 spiro atoms. The van der Waals surface area contributed by atoms with Gasteiger partial charge < -0.3 is 5.11 Å². The first-order valence-electron chi connectivity index (χ1n) is 8.35. The lowest BCUT2D eigenvalue weighted by Gasteiger charge is -2.13. The van der Waals surface area contributed by atoms with Crippen LogP contribution in [0.5, 0.6) is 0 Å². The van der Waals surface area contributed by atoms with Gasteiger partial charge in [0.25, 0.3) is 5.56 Å². The molecule has 0 bridgehead atoms. The Balaban J connectivity index is 2.25. The summed E-state index contributed by atoms with van der Waals surface area (Å²) in [7, 11) is 0. The van der Waals surface area contributed by atoms with Gasteiger partial charge in [0.05, 0.1) is 10.9 Å². The minimum atomic E-state index is -1.09. The molecule has 6 heteroatoms. The maximum Gasteiger partial charge on any atom is 0.337 e. The number of aromatic carboxylic acids is 1. The number of rotatable bonds is 6. The van der Waals surface area contributed by atoms with Crippen LogP contribution in [0.25, 0.3) is 21.6 Å². The molecule has 2 aromatic heterocycles. The Bertz CT molecular complexity index is 988. The zero-order chi connectivity index (χ0) is 18.0. The largest absolute Gasteiger partial charge is 0.478 e. The summed E-state index contributed by atoms with van der Waals surface area (Å²) >= 11 is 1.20. The average molecular weight is 356 g/mol. The minimum Gasteiger partial charge on any atom is -0.478 e. The van der Waals surface area contributed by atoms with Crippen molar-refractivity contribution in [3.05, 3.63) is 51.1 Å². The lowest BCUT2D eigenvalue weighted by Crippen LogP contribution is -2.24. The van der Waals surface area contributed by atoms with E-state index >= 15 is 0 Å². The third-order valence-electron chi connectivity index (χ3n) is 4.19. The van der Waals surface area contributed by atoms with E-state index in [4.69, 9.17) is 0 Å². The number of hydrogen-bond acceptors (Lipinski definition) is 4. The van der Waals surface area contributed by atoms with Crippen molar-refractivity contribution in [3.8, 4) is 11.4 Å². The van der Waals surface area contributed by atoms with Crippen LogP contribution in [0.2, 0.25) is 0 Å². The molecule has 130 valence electrons. The first-order valence-corrected chi connectivity index (χ1v) is 9.23. The molecule has 2 heterocycles. The van der Waals surface area contributed by atoms with Crippen LogP contribution in [-0.2, 0) is 6.54 Å². The minimum absolute atomic E-state index is 0.0394. The molecular weight excluding hydrogens is 336 g/mol. The summed E-state index contributed by atoms with van der Waals surface area (Å²) in [5.41, 5.74) is 1.74. The second-order valence-electron chi connectivity index (χ2n) is 6.10. The second kappa shape index (κ2) is 7.19. The SMILES string of the molecule is CCCCCn1c(-c2cccc(C)c2)nc2scc(C(=O)O)c2c1=O. The van der Waals surface area contributed by atoms with Gasteiger partial charge in [-0.05, 0) is 19.4 Å². The molecule has 5 nitrogen and oxygen atoms in total. The predicted molar refractivity (Wildman–Crippen MR) is 101 cm³/mol. The maximum atomic E-state index is 13.1. The lowest BCUT2D eigenvalue weighted by atomic mass is 10.1. The van der Waals surface area contributed by atoms with Crippen molar-refractivity contribution in [1.82, 2.24) is 9.55 Å². The Morgan fingerprint density at radius 2 is 2.12 bits per heavy atom. The fourth-order valence-corrected chi connectivity index (χ4v) is 3.82. The summed E-state index contributed by atoms with van der Waals surface area (Å²) in [6.07, 6.45) is 2.91. The van der Waals surface area contributed by atoms with Crippen LogP contribution >= 0.6 is 11.3 Å². The first kappa shape index (κ1) is 17.4. The topological polar surface area (TPSA) is 72.2 Å². The number of aryl methyl sites for hydroxylation is 1. The molecule has 0 aliphatic rings. The van der Waals surface area contributed by atoms with Crippen molar-refractivity contribution in [3.63, 3.8) is 0 Å². The van der Waals surface area contributed by atoms with E-state index < -0.39 is 5.97 Å². The van der Waals surface area contributed by atoms with Gasteiger partial charge in [0.2, 0.25) is 0 Å². The van der Waals surface area contributed by atoms with Gasteiger partial charge in [-0.1, -0.05) is 43.5 Å². The molecule has 1 aromatic carbocycles. The van der Waals surface area contributed by atoms with Gasteiger partial charge >= 0.3 is 5.97 Å². The Kier molecular flexibility index (Phi) is 4.99. The van der Waals surface area contributed by atoms with E-state index in [-0.39, 0.29) is 16.5 Å². The number of nitrogens with zero attached hydrogens (tertiary/aromatic N) is 2. The molecule has 0 unspecified atom stereocenters. The Labute approximate surface area is 149 Å². The van der Waals surface area contributed by atoms with Crippen LogP contribution in [0.15, 0.2) is 34.4 Å². The number of benzene rings is 1. The predicted octanol–water partition coefficient (Wildman–Crippen LogP) is 4.32. The van der Waals surface area contributed by atoms with Crippen molar-refractivity contribution in [2.45, 2.75) is 39.7 Å². The molecule has 1 N–H and O–H groups in total. The molecule has 0 saturated heterocycles. The maximum absolute atomic E-state index is 13.1. The lowest BCUT2D eigenvalue weighted by molar-refractivity contribution is 0.0699. The van der Waals surface area contributed by atoms with Crippen LogP contribution in [0.3, 0.4) is 0 Å². The normalized spacial score (nSPS) is 11.1.